The Balaban J connectivity index is 1.47. The Bertz CT molecular complexity index is 1210. The van der Waals surface area contributed by atoms with Crippen LogP contribution in [0.15, 0.2) is 47.0 Å². The molecule has 0 unspecified atom stereocenters. The van der Waals surface area contributed by atoms with Gasteiger partial charge in [-0.05, 0) is 30.4 Å². The van der Waals surface area contributed by atoms with Gasteiger partial charge in [0.15, 0.2) is 5.82 Å². The highest BCUT2D eigenvalue weighted by molar-refractivity contribution is 7.17. The minimum absolute atomic E-state index is 0.321. The number of fused-ring (bicyclic) bond motifs is 2. The number of aromatic nitrogens is 2. The highest BCUT2D eigenvalue weighted by Gasteiger charge is 2.26. The Kier molecular flexibility index (Phi) is 4.49. The number of carbonyl (C=O) groups is 1. The van der Waals surface area contributed by atoms with E-state index < -0.39 is 0 Å². The molecule has 0 spiro atoms. The summed E-state index contributed by atoms with van der Waals surface area (Å²) in [7, 11) is 0. The van der Waals surface area contributed by atoms with E-state index in [4.69, 9.17) is 9.26 Å². The van der Waals surface area contributed by atoms with Crippen molar-refractivity contribution in [2.75, 3.05) is 17.2 Å². The number of urea groups is 1. The molecule has 0 radical (unpaired) electrons. The standard InChI is InChI=1S/C21H18N4O3S/c1-12-22-19(28-25-12)18-15-9-10-27-11-17(15)29-20(18)24-21(26)23-16-8-4-6-13-5-2-3-7-14(13)16/h2-8H,9-11H2,1H3,(H2,23,24,26). The van der Waals surface area contributed by atoms with Crippen molar-refractivity contribution in [3.8, 4) is 11.5 Å². The second-order valence-electron chi connectivity index (χ2n) is 6.76. The number of aryl methyl sites for hydroxylation is 1. The van der Waals surface area contributed by atoms with Gasteiger partial charge >= 0.3 is 6.03 Å². The van der Waals surface area contributed by atoms with Crippen molar-refractivity contribution in [3.63, 3.8) is 0 Å². The number of hydrogen-bond donors (Lipinski definition) is 2. The summed E-state index contributed by atoms with van der Waals surface area (Å²) in [6.07, 6.45) is 0.745. The van der Waals surface area contributed by atoms with Crippen LogP contribution in [-0.2, 0) is 17.8 Å². The van der Waals surface area contributed by atoms with E-state index >= 15 is 0 Å². The van der Waals surface area contributed by atoms with Crippen LogP contribution in [0.25, 0.3) is 22.2 Å². The van der Waals surface area contributed by atoms with E-state index in [9.17, 15) is 4.79 Å². The molecular formula is C21H18N4O3S. The van der Waals surface area contributed by atoms with Crippen molar-refractivity contribution in [1.29, 1.82) is 0 Å². The van der Waals surface area contributed by atoms with Crippen molar-refractivity contribution in [2.45, 2.75) is 20.0 Å². The molecule has 2 N–H and O–H groups in total. The average molecular weight is 406 g/mol. The van der Waals surface area contributed by atoms with E-state index in [0.717, 1.165) is 38.9 Å². The molecule has 3 heterocycles. The molecule has 1 aliphatic heterocycles. The van der Waals surface area contributed by atoms with Crippen LogP contribution < -0.4 is 10.6 Å². The van der Waals surface area contributed by atoms with Gasteiger partial charge in [0.25, 0.3) is 5.89 Å². The van der Waals surface area contributed by atoms with Gasteiger partial charge in [-0.25, -0.2) is 4.79 Å². The molecule has 29 heavy (non-hydrogen) atoms. The zero-order valence-electron chi connectivity index (χ0n) is 15.7. The van der Waals surface area contributed by atoms with Crippen LogP contribution in [0.2, 0.25) is 0 Å². The van der Waals surface area contributed by atoms with Gasteiger partial charge in [-0.1, -0.05) is 41.6 Å². The zero-order valence-corrected chi connectivity index (χ0v) is 16.5. The van der Waals surface area contributed by atoms with Gasteiger partial charge < -0.3 is 14.6 Å². The zero-order chi connectivity index (χ0) is 19.8. The molecule has 0 bridgehead atoms. The first-order chi connectivity index (χ1) is 14.2. The first-order valence-corrected chi connectivity index (χ1v) is 10.1. The second kappa shape index (κ2) is 7.31. The topological polar surface area (TPSA) is 89.3 Å². The third-order valence-electron chi connectivity index (χ3n) is 4.83. The number of hydrogen-bond acceptors (Lipinski definition) is 6. The number of carbonyl (C=O) groups excluding carboxylic acids is 1. The van der Waals surface area contributed by atoms with Crippen LogP contribution in [0.1, 0.15) is 16.3 Å². The molecule has 0 saturated carbocycles. The summed E-state index contributed by atoms with van der Waals surface area (Å²) in [5, 5.41) is 12.6. The number of amides is 2. The molecule has 0 aliphatic carbocycles. The van der Waals surface area contributed by atoms with Crippen LogP contribution >= 0.6 is 11.3 Å². The summed E-state index contributed by atoms with van der Waals surface area (Å²) in [5.74, 6) is 0.973. The maximum Gasteiger partial charge on any atom is 0.324 e. The predicted molar refractivity (Wildman–Crippen MR) is 112 cm³/mol. The maximum absolute atomic E-state index is 12.8. The van der Waals surface area contributed by atoms with E-state index in [2.05, 4.69) is 20.8 Å². The number of rotatable bonds is 3. The van der Waals surface area contributed by atoms with E-state index in [-0.39, 0.29) is 6.03 Å². The van der Waals surface area contributed by atoms with E-state index in [1.165, 1.54) is 11.3 Å². The molecule has 2 amide bonds. The Hall–Kier alpha value is -3.23. The maximum atomic E-state index is 12.8. The number of nitrogens with one attached hydrogen (secondary N) is 2. The van der Waals surface area contributed by atoms with Crippen molar-refractivity contribution < 1.29 is 14.1 Å². The van der Waals surface area contributed by atoms with Crippen LogP contribution in [0.5, 0.6) is 0 Å². The minimum atomic E-state index is -0.321. The number of ether oxygens (including phenoxy) is 1. The Labute approximate surface area is 170 Å². The lowest BCUT2D eigenvalue weighted by Gasteiger charge is -2.12. The lowest BCUT2D eigenvalue weighted by Crippen LogP contribution is -2.19. The largest absolute Gasteiger partial charge is 0.376 e. The van der Waals surface area contributed by atoms with Gasteiger partial charge in [0.2, 0.25) is 0 Å². The van der Waals surface area contributed by atoms with Crippen LogP contribution in [0.4, 0.5) is 15.5 Å². The molecule has 7 nitrogen and oxygen atoms in total. The molecule has 2 aromatic heterocycles. The lowest BCUT2D eigenvalue weighted by atomic mass is 10.1. The van der Waals surface area contributed by atoms with E-state index in [1.54, 1.807) is 6.92 Å². The number of anilines is 2. The third-order valence-corrected chi connectivity index (χ3v) is 5.95. The quantitative estimate of drug-likeness (QED) is 0.501. The van der Waals surface area contributed by atoms with Gasteiger partial charge in [-0.2, -0.15) is 4.98 Å². The van der Waals surface area contributed by atoms with E-state index in [1.807, 2.05) is 42.5 Å². The van der Waals surface area contributed by atoms with Crippen molar-refractivity contribution in [2.24, 2.45) is 0 Å². The Morgan fingerprint density at radius 3 is 2.86 bits per heavy atom. The minimum Gasteiger partial charge on any atom is -0.376 e. The molecule has 2 aromatic carbocycles. The van der Waals surface area contributed by atoms with Crippen molar-refractivity contribution >= 4 is 38.8 Å². The van der Waals surface area contributed by atoms with E-state index in [0.29, 0.717) is 29.9 Å². The summed E-state index contributed by atoms with van der Waals surface area (Å²) in [6, 6.07) is 13.4. The predicted octanol–water partition coefficient (Wildman–Crippen LogP) is 4.98. The first kappa shape index (κ1) is 17.8. The molecule has 8 heteroatoms. The molecule has 0 saturated heterocycles. The van der Waals surface area contributed by atoms with Crippen LogP contribution in [-0.4, -0.2) is 22.8 Å². The summed E-state index contributed by atoms with van der Waals surface area (Å²) < 4.78 is 11.0. The fourth-order valence-corrected chi connectivity index (χ4v) is 4.71. The number of thiophene rings is 1. The first-order valence-electron chi connectivity index (χ1n) is 9.28. The summed E-state index contributed by atoms with van der Waals surface area (Å²) >= 11 is 1.48. The summed E-state index contributed by atoms with van der Waals surface area (Å²) in [6.45, 7) is 2.92. The molecule has 1 aliphatic rings. The SMILES string of the molecule is Cc1noc(-c2c(NC(=O)Nc3cccc4ccccc34)sc3c2CCOC3)n1. The molecule has 5 rings (SSSR count). The smallest absolute Gasteiger partial charge is 0.324 e. The molecule has 0 atom stereocenters. The van der Waals surface area contributed by atoms with Gasteiger partial charge in [-0.15, -0.1) is 11.3 Å². The van der Waals surface area contributed by atoms with Gasteiger partial charge in [0, 0.05) is 10.3 Å². The number of nitrogens with zero attached hydrogens (tertiary/aromatic N) is 2. The lowest BCUT2D eigenvalue weighted by molar-refractivity contribution is 0.113. The normalized spacial score (nSPS) is 13.3. The fourth-order valence-electron chi connectivity index (χ4n) is 3.54. The number of benzene rings is 2. The Morgan fingerprint density at radius 1 is 1.14 bits per heavy atom. The highest BCUT2D eigenvalue weighted by Crippen LogP contribution is 2.42. The fraction of sp³-hybridized carbons (Fsp3) is 0.190. The van der Waals surface area contributed by atoms with Crippen molar-refractivity contribution in [3.05, 3.63) is 58.7 Å². The van der Waals surface area contributed by atoms with Gasteiger partial charge in [-0.3, -0.25) is 5.32 Å². The summed E-state index contributed by atoms with van der Waals surface area (Å²) in [5.41, 5.74) is 2.65. The van der Waals surface area contributed by atoms with Crippen LogP contribution in [0, 0.1) is 6.92 Å². The van der Waals surface area contributed by atoms with Crippen LogP contribution in [0.3, 0.4) is 0 Å². The average Bonchev–Trinajstić information content (AvgIpc) is 3.30. The molecule has 0 fully saturated rings. The van der Waals surface area contributed by atoms with Gasteiger partial charge in [0.1, 0.15) is 5.00 Å². The van der Waals surface area contributed by atoms with Gasteiger partial charge in [0.05, 0.1) is 24.5 Å². The molecule has 146 valence electrons. The molecule has 4 aromatic rings. The Morgan fingerprint density at radius 2 is 2.00 bits per heavy atom. The second-order valence-corrected chi connectivity index (χ2v) is 7.87. The molecular weight excluding hydrogens is 388 g/mol. The third kappa shape index (κ3) is 3.37. The highest BCUT2D eigenvalue weighted by atomic mass is 32.1. The monoisotopic (exact) mass is 406 g/mol. The summed E-state index contributed by atoms with van der Waals surface area (Å²) in [4.78, 5) is 18.3. The van der Waals surface area contributed by atoms with Crippen molar-refractivity contribution in [1.82, 2.24) is 10.1 Å².